The molecule has 9 atom stereocenters. The molecule has 0 aliphatic carbocycles. The van der Waals surface area contributed by atoms with E-state index in [4.69, 9.17) is 32.7 Å². The third-order valence-corrected chi connectivity index (χ3v) is 16.2. The van der Waals surface area contributed by atoms with E-state index in [-0.39, 0.29) is 59.2 Å². The minimum absolute atomic E-state index is 0.0160. The number of alkyl halides is 1. The summed E-state index contributed by atoms with van der Waals surface area (Å²) in [4.78, 5) is 63.2. The van der Waals surface area contributed by atoms with Gasteiger partial charge in [-0.15, -0.1) is 0 Å². The molecule has 2 fully saturated rings. The summed E-state index contributed by atoms with van der Waals surface area (Å²) in [6.45, 7) is 4.75. The van der Waals surface area contributed by atoms with Crippen LogP contribution in [-0.4, -0.2) is 121 Å². The van der Waals surface area contributed by atoms with Crippen LogP contribution in [-0.2, 0) is 38.2 Å². The first-order valence-electron chi connectivity index (χ1n) is 25.4. The number of aliphatic hydroxyl groups excluding tert-OH is 1. The van der Waals surface area contributed by atoms with Gasteiger partial charge in [0.1, 0.15) is 41.7 Å². The number of anilines is 2. The second kappa shape index (κ2) is 22.9. The fraction of sp³-hybridized carbons (Fsp3) is 0.345. The zero-order chi connectivity index (χ0) is 55.6. The number of amides is 2. The molecule has 10 rings (SSSR count). The molecule has 0 bridgehead atoms. The van der Waals surface area contributed by atoms with Crippen molar-refractivity contribution in [3.8, 4) is 11.5 Å². The third kappa shape index (κ3) is 10.8. The van der Waals surface area contributed by atoms with Gasteiger partial charge in [0.15, 0.2) is 46.8 Å². The maximum absolute atomic E-state index is 17.9. The monoisotopic (exact) mass is 1100 g/mol. The number of rotatable bonds is 20. The highest BCUT2D eigenvalue weighted by atomic mass is 31.2. The van der Waals surface area contributed by atoms with Crippen LogP contribution in [0.3, 0.4) is 0 Å². The van der Waals surface area contributed by atoms with Crippen molar-refractivity contribution in [2.45, 2.75) is 75.8 Å². The van der Waals surface area contributed by atoms with E-state index >= 15 is 8.96 Å². The van der Waals surface area contributed by atoms with Crippen LogP contribution in [0, 0.1) is 11.8 Å². The Bertz CT molecular complexity index is 3500. The molecule has 412 valence electrons. The summed E-state index contributed by atoms with van der Waals surface area (Å²) in [7, 11) is 0.00730. The Labute approximate surface area is 452 Å². The van der Waals surface area contributed by atoms with E-state index in [1.807, 2.05) is 54.6 Å². The predicted molar refractivity (Wildman–Crippen MR) is 286 cm³/mol. The maximum Gasteiger partial charge on any atom is 0.330 e. The molecule has 22 nitrogen and oxygen atoms in total. The lowest BCUT2D eigenvalue weighted by atomic mass is 9.80. The van der Waals surface area contributed by atoms with Crippen LogP contribution in [0.5, 0.6) is 11.5 Å². The predicted octanol–water partition coefficient (Wildman–Crippen LogP) is 7.58. The molecule has 0 radical (unpaired) electrons. The number of ether oxygens (including phenoxy) is 5. The number of H-pyrrole nitrogens is 1. The molecule has 79 heavy (non-hydrogen) atoms. The van der Waals surface area contributed by atoms with Crippen molar-refractivity contribution in [2.24, 2.45) is 11.8 Å². The number of aliphatic hydroxyl groups is 1. The Morgan fingerprint density at radius 3 is 2.00 bits per heavy atom. The largest absolute Gasteiger partial charge is 0.497 e. The number of methoxy groups -OCH3 is 2. The molecule has 2 aliphatic rings. The lowest BCUT2D eigenvalue weighted by Gasteiger charge is -2.37. The molecular formula is C55H58FN10O12P. The normalized spacial score (nSPS) is 22.0. The highest BCUT2D eigenvalue weighted by Crippen LogP contribution is 2.54. The molecule has 4 aromatic carbocycles. The summed E-state index contributed by atoms with van der Waals surface area (Å²) in [5.74, 6) is -0.691. The van der Waals surface area contributed by atoms with Crippen molar-refractivity contribution in [2.75, 3.05) is 44.7 Å². The first-order valence-corrected chi connectivity index (χ1v) is 27.1. The van der Waals surface area contributed by atoms with E-state index in [1.54, 1.807) is 89.6 Å². The van der Waals surface area contributed by atoms with Crippen molar-refractivity contribution in [3.05, 3.63) is 161 Å². The average Bonchev–Trinajstić information content (AvgIpc) is 4.26. The number of carbonyl (C=O) groups is 2. The molecule has 2 saturated heterocycles. The van der Waals surface area contributed by atoms with Crippen molar-refractivity contribution in [1.82, 2.24) is 39.0 Å². The fourth-order valence-electron chi connectivity index (χ4n) is 9.87. The molecular weight excluding hydrogens is 1040 g/mol. The Morgan fingerprint density at radius 2 is 1.38 bits per heavy atom. The van der Waals surface area contributed by atoms with Crippen LogP contribution in [0.15, 0.2) is 133 Å². The SMILES string of the molecule is COc1ccc(C(OCC2OC(n3cnc4c(NC(=O)c5ccccc5)ncnc43)C(F)C2OP(=O)(CCC2OC(n3cnc4c(=O)[nH]c(NC(=O)C(C)C)nc43)C(O)C2C)OC)(c2ccccc2)c2ccc(OC)cc2)cc1. The molecule has 4 N–H and O–H groups in total. The smallest absolute Gasteiger partial charge is 0.330 e. The van der Waals surface area contributed by atoms with E-state index in [0.717, 1.165) is 0 Å². The van der Waals surface area contributed by atoms with Crippen LogP contribution in [0.2, 0.25) is 0 Å². The van der Waals surface area contributed by atoms with E-state index in [2.05, 4.69) is 40.5 Å². The Balaban J connectivity index is 0.972. The zero-order valence-corrected chi connectivity index (χ0v) is 44.7. The standard InChI is InChI=1S/C55H58FN10O12P/c1-31(2)49(68)63-54-62-48-43(51(70)64-54)60-30-66(48)53-44(67)32(3)39(76-53)25-26-79(71,74-6)78-45-40(77-52(41(45)56)65-29-59-42-46(57-28-58-47(42)65)61-50(69)33-13-9-7-10-14-33)27-75-55(34-15-11-8-12-16-34,35-17-21-37(72-4)22-18-35)36-19-23-38(73-5)24-20-36/h7-24,28-32,39-41,44-45,52-53,67H,25-27H2,1-6H3,(H,57,58,61,69)(H2,62,63,64,68,70). The lowest BCUT2D eigenvalue weighted by Crippen LogP contribution is -2.40. The molecule has 0 saturated carbocycles. The number of aromatic amines is 1. The van der Waals surface area contributed by atoms with E-state index in [9.17, 15) is 19.5 Å². The van der Waals surface area contributed by atoms with E-state index in [0.29, 0.717) is 33.8 Å². The number of aromatic nitrogens is 8. The van der Waals surface area contributed by atoms with Crippen molar-refractivity contribution in [3.63, 3.8) is 0 Å². The topological polar surface area (TPSA) is 267 Å². The molecule has 2 amide bonds. The van der Waals surface area contributed by atoms with Gasteiger partial charge in [0, 0.05) is 24.5 Å². The fourth-order valence-corrected chi connectivity index (χ4v) is 11.4. The van der Waals surface area contributed by atoms with Gasteiger partial charge in [0.05, 0.1) is 45.7 Å². The molecule has 8 aromatic rings. The lowest BCUT2D eigenvalue weighted by molar-refractivity contribution is -0.118. The number of hydrogen-bond donors (Lipinski definition) is 4. The van der Waals surface area contributed by atoms with Crippen LogP contribution < -0.4 is 25.7 Å². The minimum atomic E-state index is -4.32. The number of carbonyl (C=O) groups excluding carboxylic acids is 2. The second-order valence-corrected chi connectivity index (χ2v) is 21.6. The number of imidazole rings is 2. The summed E-state index contributed by atoms with van der Waals surface area (Å²) in [6, 6.07) is 32.7. The summed E-state index contributed by atoms with van der Waals surface area (Å²) >= 11 is 0. The highest BCUT2D eigenvalue weighted by Gasteiger charge is 2.53. The summed E-state index contributed by atoms with van der Waals surface area (Å²) < 4.78 is 79.2. The minimum Gasteiger partial charge on any atom is -0.497 e. The first kappa shape index (κ1) is 54.6. The van der Waals surface area contributed by atoms with Gasteiger partial charge >= 0.3 is 7.60 Å². The summed E-state index contributed by atoms with van der Waals surface area (Å²) in [5, 5.41) is 17.0. The van der Waals surface area contributed by atoms with Crippen LogP contribution in [0.25, 0.3) is 22.3 Å². The third-order valence-electron chi connectivity index (χ3n) is 14.3. The number of nitrogens with zero attached hydrogens (tertiary/aromatic N) is 7. The van der Waals surface area contributed by atoms with Crippen LogP contribution >= 0.6 is 7.60 Å². The van der Waals surface area contributed by atoms with Crippen molar-refractivity contribution >= 4 is 53.5 Å². The van der Waals surface area contributed by atoms with Crippen molar-refractivity contribution in [1.29, 1.82) is 0 Å². The first-order chi connectivity index (χ1) is 38.1. The quantitative estimate of drug-likeness (QED) is 0.0423. The van der Waals surface area contributed by atoms with E-state index < -0.39 is 79.5 Å². The highest BCUT2D eigenvalue weighted by molar-refractivity contribution is 7.53. The number of hydrogen-bond acceptors (Lipinski definition) is 17. The molecule has 2 aliphatic heterocycles. The van der Waals surface area contributed by atoms with Crippen LogP contribution in [0.1, 0.15) is 66.7 Å². The molecule has 9 unspecified atom stereocenters. The van der Waals surface area contributed by atoms with Gasteiger partial charge in [-0.2, -0.15) is 4.98 Å². The molecule has 4 aromatic heterocycles. The van der Waals surface area contributed by atoms with Crippen LogP contribution in [0.4, 0.5) is 16.2 Å². The van der Waals surface area contributed by atoms with Gasteiger partial charge in [-0.25, -0.2) is 24.3 Å². The summed E-state index contributed by atoms with van der Waals surface area (Å²) in [6.07, 6.45) is -6.14. The summed E-state index contributed by atoms with van der Waals surface area (Å²) in [5.41, 5.74) is 0.646. The molecule has 6 heterocycles. The maximum atomic E-state index is 17.9. The number of halogens is 1. The van der Waals surface area contributed by atoms with E-state index in [1.165, 1.54) is 35.2 Å². The van der Waals surface area contributed by atoms with Gasteiger partial charge < -0.3 is 38.6 Å². The number of fused-ring (bicyclic) bond motifs is 2. The van der Waals surface area contributed by atoms with Gasteiger partial charge in [-0.1, -0.05) is 93.6 Å². The van der Waals surface area contributed by atoms with Gasteiger partial charge in [-0.3, -0.25) is 42.9 Å². The molecule has 0 spiro atoms. The second-order valence-electron chi connectivity index (χ2n) is 19.4. The number of nitrogens with one attached hydrogen (secondary N) is 3. The molecule has 24 heteroatoms. The zero-order valence-electron chi connectivity index (χ0n) is 43.8. The average molecular weight is 1100 g/mol. The van der Waals surface area contributed by atoms with Gasteiger partial charge in [0.2, 0.25) is 11.9 Å². The van der Waals surface area contributed by atoms with Crippen molar-refractivity contribution < 1.29 is 56.4 Å². The Kier molecular flexibility index (Phi) is 15.8. The van der Waals surface area contributed by atoms with Gasteiger partial charge in [-0.05, 0) is 59.5 Å². The van der Waals surface area contributed by atoms with Gasteiger partial charge in [0.25, 0.3) is 11.5 Å². The Morgan fingerprint density at radius 1 is 0.785 bits per heavy atom. The Hall–Kier alpha value is -7.76. The number of benzene rings is 4.